The number of benzene rings is 1. The molecule has 10 nitrogen and oxygen atoms in total. The average molecular weight is 456 g/mol. The predicted octanol–water partition coefficient (Wildman–Crippen LogP) is 0.352. The SMILES string of the molecule is COc1cccc2[nH]c(C(=O)N[C@H]3CC(C)N([C@@H](C[C@@H]4CCNC4=O)C(=O)CO)C3=O)cc12. The van der Waals surface area contributed by atoms with Crippen molar-refractivity contribution in [3.05, 3.63) is 30.0 Å². The molecule has 10 heteroatoms. The van der Waals surface area contributed by atoms with Crippen molar-refractivity contribution >= 4 is 34.4 Å². The van der Waals surface area contributed by atoms with Crippen molar-refractivity contribution in [2.24, 2.45) is 5.92 Å². The number of hydrogen-bond donors (Lipinski definition) is 4. The molecule has 3 amide bonds. The van der Waals surface area contributed by atoms with Gasteiger partial charge in [-0.1, -0.05) is 6.07 Å². The molecular formula is C23H28N4O6. The van der Waals surface area contributed by atoms with E-state index >= 15 is 0 Å². The number of aromatic nitrogens is 1. The zero-order valence-corrected chi connectivity index (χ0v) is 18.6. The Morgan fingerprint density at radius 1 is 1.33 bits per heavy atom. The molecule has 0 aliphatic carbocycles. The maximum Gasteiger partial charge on any atom is 0.268 e. The van der Waals surface area contributed by atoms with E-state index in [1.165, 1.54) is 4.90 Å². The van der Waals surface area contributed by atoms with Crippen LogP contribution in [0.25, 0.3) is 10.9 Å². The van der Waals surface area contributed by atoms with Crippen molar-refractivity contribution in [3.8, 4) is 5.75 Å². The standard InChI is InChI=1S/C23H28N4O6/c1-12-8-17(26-22(31)16-10-14-15(25-16)4-3-5-20(14)33-2)23(32)27(12)18(19(29)11-28)9-13-6-7-24-21(13)30/h3-5,10,12-13,17-18,25,28H,6-9,11H2,1-2H3,(H,24,30)(H,26,31)/t12?,13-,17-,18-/m0/s1. The minimum Gasteiger partial charge on any atom is -0.496 e. The molecule has 4 atom stereocenters. The summed E-state index contributed by atoms with van der Waals surface area (Å²) in [5, 5.41) is 15.7. The number of nitrogens with one attached hydrogen (secondary N) is 3. The van der Waals surface area contributed by atoms with Crippen LogP contribution in [0.1, 0.15) is 36.7 Å². The lowest BCUT2D eigenvalue weighted by atomic mass is 9.94. The molecular weight excluding hydrogens is 428 g/mol. The molecule has 2 saturated heterocycles. The van der Waals surface area contributed by atoms with Gasteiger partial charge in [-0.15, -0.1) is 0 Å². The number of hydrogen-bond acceptors (Lipinski definition) is 6. The van der Waals surface area contributed by atoms with E-state index in [1.54, 1.807) is 26.2 Å². The molecule has 1 unspecified atom stereocenters. The summed E-state index contributed by atoms with van der Waals surface area (Å²) in [5.74, 6) is -1.26. The zero-order valence-electron chi connectivity index (χ0n) is 18.6. The second kappa shape index (κ2) is 9.22. The number of aliphatic hydroxyl groups excluding tert-OH is 1. The molecule has 1 aromatic heterocycles. The van der Waals surface area contributed by atoms with E-state index in [9.17, 15) is 24.3 Å². The lowest BCUT2D eigenvalue weighted by molar-refractivity contribution is -0.141. The van der Waals surface area contributed by atoms with E-state index in [-0.39, 0.29) is 24.3 Å². The molecule has 4 N–H and O–H groups in total. The van der Waals surface area contributed by atoms with Crippen molar-refractivity contribution in [3.63, 3.8) is 0 Å². The molecule has 2 aliphatic rings. The Morgan fingerprint density at radius 2 is 2.12 bits per heavy atom. The first kappa shape index (κ1) is 22.8. The van der Waals surface area contributed by atoms with Gasteiger partial charge in [-0.2, -0.15) is 0 Å². The van der Waals surface area contributed by atoms with Crippen LogP contribution in [0.2, 0.25) is 0 Å². The van der Waals surface area contributed by atoms with Crippen LogP contribution in [-0.4, -0.2) is 76.9 Å². The lowest BCUT2D eigenvalue weighted by Gasteiger charge is -2.31. The number of carbonyl (C=O) groups excluding carboxylic acids is 4. The van der Waals surface area contributed by atoms with Gasteiger partial charge in [0, 0.05) is 29.4 Å². The molecule has 0 saturated carbocycles. The van der Waals surface area contributed by atoms with E-state index < -0.39 is 36.3 Å². The second-order valence-corrected chi connectivity index (χ2v) is 8.61. The average Bonchev–Trinajstić information content (AvgIpc) is 3.49. The van der Waals surface area contributed by atoms with Crippen molar-refractivity contribution < 1.29 is 29.0 Å². The minimum atomic E-state index is -0.911. The first-order valence-corrected chi connectivity index (χ1v) is 11.0. The third kappa shape index (κ3) is 4.30. The van der Waals surface area contributed by atoms with Gasteiger partial charge in [0.1, 0.15) is 24.1 Å². The molecule has 4 rings (SSSR count). The Balaban J connectivity index is 1.51. The van der Waals surface area contributed by atoms with Crippen LogP contribution in [-0.2, 0) is 14.4 Å². The molecule has 2 fully saturated rings. The van der Waals surface area contributed by atoms with Gasteiger partial charge in [0.15, 0.2) is 5.78 Å². The van der Waals surface area contributed by atoms with Gasteiger partial charge in [-0.3, -0.25) is 19.2 Å². The van der Waals surface area contributed by atoms with Crippen LogP contribution >= 0.6 is 0 Å². The number of rotatable bonds is 8. The Labute approximate surface area is 190 Å². The molecule has 33 heavy (non-hydrogen) atoms. The molecule has 3 heterocycles. The normalized spacial score (nSPS) is 23.6. The summed E-state index contributed by atoms with van der Waals surface area (Å²) in [4.78, 5) is 55.1. The molecule has 2 aromatic rings. The highest BCUT2D eigenvalue weighted by atomic mass is 16.5. The van der Waals surface area contributed by atoms with Crippen LogP contribution in [0.4, 0.5) is 0 Å². The van der Waals surface area contributed by atoms with Crippen molar-refractivity contribution in [2.45, 2.75) is 44.3 Å². The fourth-order valence-electron chi connectivity index (χ4n) is 4.84. The largest absolute Gasteiger partial charge is 0.496 e. The number of carbonyl (C=O) groups is 4. The lowest BCUT2D eigenvalue weighted by Crippen LogP contribution is -2.50. The monoisotopic (exact) mass is 456 g/mol. The predicted molar refractivity (Wildman–Crippen MR) is 119 cm³/mol. The summed E-state index contributed by atoms with van der Waals surface area (Å²) in [6.07, 6.45) is 1.05. The topological polar surface area (TPSA) is 141 Å². The summed E-state index contributed by atoms with van der Waals surface area (Å²) in [6, 6.07) is 5.03. The number of aromatic amines is 1. The fourth-order valence-corrected chi connectivity index (χ4v) is 4.84. The number of ether oxygens (including phenoxy) is 1. The molecule has 2 aliphatic heterocycles. The van der Waals surface area contributed by atoms with Gasteiger partial charge in [-0.05, 0) is 44.4 Å². The number of likely N-dealkylation sites (tertiary alicyclic amines) is 1. The van der Waals surface area contributed by atoms with Crippen molar-refractivity contribution in [1.29, 1.82) is 0 Å². The Morgan fingerprint density at radius 3 is 2.79 bits per heavy atom. The van der Waals surface area contributed by atoms with Gasteiger partial charge < -0.3 is 30.4 Å². The molecule has 1 aromatic carbocycles. The summed E-state index contributed by atoms with van der Waals surface area (Å²) in [7, 11) is 1.55. The van der Waals surface area contributed by atoms with Crippen molar-refractivity contribution in [2.75, 3.05) is 20.3 Å². The summed E-state index contributed by atoms with van der Waals surface area (Å²) >= 11 is 0. The maximum atomic E-state index is 13.2. The number of Topliss-reactive ketones (excluding diaryl/α,β-unsaturated/α-hetero) is 1. The maximum absolute atomic E-state index is 13.2. The highest BCUT2D eigenvalue weighted by Gasteiger charge is 2.45. The van der Waals surface area contributed by atoms with E-state index in [2.05, 4.69) is 15.6 Å². The first-order valence-electron chi connectivity index (χ1n) is 11.0. The number of fused-ring (bicyclic) bond motifs is 1. The van der Waals surface area contributed by atoms with Gasteiger partial charge >= 0.3 is 0 Å². The zero-order chi connectivity index (χ0) is 23.7. The van der Waals surface area contributed by atoms with Gasteiger partial charge in [0.05, 0.1) is 13.2 Å². The summed E-state index contributed by atoms with van der Waals surface area (Å²) in [5.41, 5.74) is 1.02. The number of nitrogens with zero attached hydrogens (tertiary/aromatic N) is 1. The summed E-state index contributed by atoms with van der Waals surface area (Å²) < 4.78 is 5.33. The van der Waals surface area contributed by atoms with E-state index in [1.807, 2.05) is 12.1 Å². The van der Waals surface area contributed by atoms with E-state index in [0.29, 0.717) is 30.8 Å². The fraction of sp³-hybridized carbons (Fsp3) is 0.478. The van der Waals surface area contributed by atoms with Crippen LogP contribution in [0.3, 0.4) is 0 Å². The molecule has 0 radical (unpaired) electrons. The van der Waals surface area contributed by atoms with Crippen LogP contribution in [0, 0.1) is 5.92 Å². The third-order valence-electron chi connectivity index (χ3n) is 6.53. The molecule has 176 valence electrons. The van der Waals surface area contributed by atoms with E-state index in [0.717, 1.165) is 10.9 Å². The van der Waals surface area contributed by atoms with Crippen molar-refractivity contribution in [1.82, 2.24) is 20.5 Å². The smallest absolute Gasteiger partial charge is 0.268 e. The third-order valence-corrected chi connectivity index (χ3v) is 6.53. The number of ketones is 1. The molecule has 0 bridgehead atoms. The number of aliphatic hydroxyl groups is 1. The number of amides is 3. The second-order valence-electron chi connectivity index (χ2n) is 8.61. The molecule has 0 spiro atoms. The summed E-state index contributed by atoms with van der Waals surface area (Å²) in [6.45, 7) is 1.61. The van der Waals surface area contributed by atoms with Gasteiger partial charge in [-0.25, -0.2) is 0 Å². The minimum absolute atomic E-state index is 0.149. The van der Waals surface area contributed by atoms with Gasteiger partial charge in [0.25, 0.3) is 5.91 Å². The number of methoxy groups -OCH3 is 1. The highest BCUT2D eigenvalue weighted by molar-refractivity contribution is 6.02. The van der Waals surface area contributed by atoms with Crippen LogP contribution in [0.5, 0.6) is 5.75 Å². The van der Waals surface area contributed by atoms with Gasteiger partial charge in [0.2, 0.25) is 11.8 Å². The van der Waals surface area contributed by atoms with E-state index in [4.69, 9.17) is 4.74 Å². The Kier molecular flexibility index (Phi) is 6.37. The number of H-pyrrole nitrogens is 1. The quantitative estimate of drug-likeness (QED) is 0.452. The Bertz CT molecular complexity index is 1100. The highest BCUT2D eigenvalue weighted by Crippen LogP contribution is 2.29. The van der Waals surface area contributed by atoms with Crippen LogP contribution in [0.15, 0.2) is 24.3 Å². The first-order chi connectivity index (χ1) is 15.8. The Hall–Kier alpha value is -3.40. The van der Waals surface area contributed by atoms with Crippen LogP contribution < -0.4 is 15.4 Å².